The summed E-state index contributed by atoms with van der Waals surface area (Å²) in [6, 6.07) is 8.18. The number of nitrogens with two attached hydrogens (primary N) is 2. The van der Waals surface area contributed by atoms with Crippen molar-refractivity contribution in [3.05, 3.63) is 52.5 Å². The molecule has 1 atom stereocenters. The molecule has 0 fully saturated rings. The molecule has 166 valence electrons. The highest BCUT2D eigenvalue weighted by Crippen LogP contribution is 2.30. The Hall–Kier alpha value is -4.12. The average molecular weight is 459 g/mol. The lowest BCUT2D eigenvalue weighted by Crippen LogP contribution is -2.42. The summed E-state index contributed by atoms with van der Waals surface area (Å²) in [6.45, 7) is 0.337. The number of hydrogen-bond donors (Lipinski definition) is 6. The van der Waals surface area contributed by atoms with E-state index in [0.29, 0.717) is 28.2 Å². The van der Waals surface area contributed by atoms with Crippen LogP contribution in [0.25, 0.3) is 10.9 Å². The van der Waals surface area contributed by atoms with Gasteiger partial charge in [-0.3, -0.25) is 9.59 Å². The van der Waals surface area contributed by atoms with Crippen LogP contribution in [0.4, 0.5) is 17.5 Å². The summed E-state index contributed by atoms with van der Waals surface area (Å²) in [7, 11) is 0. The van der Waals surface area contributed by atoms with Crippen LogP contribution in [0, 0.1) is 0 Å². The third-order valence-corrected chi connectivity index (χ3v) is 4.97. The molecule has 3 rings (SSSR count). The van der Waals surface area contributed by atoms with E-state index in [2.05, 4.69) is 20.6 Å². The van der Waals surface area contributed by atoms with Crippen molar-refractivity contribution in [3.63, 3.8) is 0 Å². The molecule has 0 radical (unpaired) electrons. The number of benzene rings is 2. The Balaban J connectivity index is 1.69. The molecule has 11 nitrogen and oxygen atoms in total. The Morgan fingerprint density at radius 2 is 1.72 bits per heavy atom. The second-order valence-corrected chi connectivity index (χ2v) is 7.17. The minimum absolute atomic E-state index is 0.0544. The Labute approximate surface area is 186 Å². The van der Waals surface area contributed by atoms with Crippen molar-refractivity contribution in [2.75, 3.05) is 16.8 Å². The molecular formula is C20H19ClN6O5. The smallest absolute Gasteiger partial charge is 0.326 e. The van der Waals surface area contributed by atoms with Gasteiger partial charge in [0.25, 0.3) is 5.91 Å². The van der Waals surface area contributed by atoms with Crippen LogP contribution in [-0.2, 0) is 16.1 Å². The van der Waals surface area contributed by atoms with E-state index in [9.17, 15) is 14.4 Å². The maximum absolute atomic E-state index is 12.2. The lowest BCUT2D eigenvalue weighted by atomic mass is 10.1. The molecule has 0 aliphatic heterocycles. The summed E-state index contributed by atoms with van der Waals surface area (Å²) in [5.41, 5.74) is 13.6. The molecule has 0 unspecified atom stereocenters. The van der Waals surface area contributed by atoms with E-state index < -0.39 is 30.3 Å². The molecule has 32 heavy (non-hydrogen) atoms. The summed E-state index contributed by atoms with van der Waals surface area (Å²) in [4.78, 5) is 42.1. The number of hydrogen-bond acceptors (Lipinski definition) is 8. The summed E-state index contributed by atoms with van der Waals surface area (Å²) in [5.74, 6) is -3.23. The molecule has 1 heterocycles. The fourth-order valence-electron chi connectivity index (χ4n) is 2.96. The first-order valence-corrected chi connectivity index (χ1v) is 9.63. The van der Waals surface area contributed by atoms with Gasteiger partial charge in [0.1, 0.15) is 11.9 Å². The average Bonchev–Trinajstić information content (AvgIpc) is 2.72. The van der Waals surface area contributed by atoms with Crippen molar-refractivity contribution in [1.29, 1.82) is 0 Å². The first-order valence-electron chi connectivity index (χ1n) is 9.25. The lowest BCUT2D eigenvalue weighted by Gasteiger charge is -2.13. The minimum Gasteiger partial charge on any atom is -0.481 e. The first kappa shape index (κ1) is 22.6. The number of nitrogens with one attached hydrogen (secondary N) is 2. The highest BCUT2D eigenvalue weighted by atomic mass is 35.5. The number of halogens is 1. The maximum atomic E-state index is 12.2. The first-order chi connectivity index (χ1) is 15.2. The van der Waals surface area contributed by atoms with Crippen LogP contribution in [0.3, 0.4) is 0 Å². The molecule has 0 saturated carbocycles. The third kappa shape index (κ3) is 5.13. The quantitative estimate of drug-likeness (QED) is 0.289. The van der Waals surface area contributed by atoms with Gasteiger partial charge in [0.2, 0.25) is 5.95 Å². The predicted molar refractivity (Wildman–Crippen MR) is 118 cm³/mol. The van der Waals surface area contributed by atoms with E-state index in [-0.39, 0.29) is 17.3 Å². The van der Waals surface area contributed by atoms with E-state index >= 15 is 0 Å². The molecule has 1 aromatic heterocycles. The number of carbonyl (C=O) groups is 3. The number of amides is 1. The molecule has 0 spiro atoms. The summed E-state index contributed by atoms with van der Waals surface area (Å²) in [6.07, 6.45) is -0.727. The highest BCUT2D eigenvalue weighted by molar-refractivity contribution is 6.37. The van der Waals surface area contributed by atoms with Crippen molar-refractivity contribution in [1.82, 2.24) is 15.3 Å². The Morgan fingerprint density at radius 1 is 1.03 bits per heavy atom. The van der Waals surface area contributed by atoms with Crippen molar-refractivity contribution >= 4 is 57.8 Å². The maximum Gasteiger partial charge on any atom is 0.326 e. The fraction of sp³-hybridized carbons (Fsp3) is 0.150. The van der Waals surface area contributed by atoms with Crippen LogP contribution in [-0.4, -0.2) is 44.1 Å². The molecule has 1 amide bonds. The van der Waals surface area contributed by atoms with E-state index in [1.807, 2.05) is 0 Å². The van der Waals surface area contributed by atoms with Gasteiger partial charge in [-0.05, 0) is 35.9 Å². The SMILES string of the molecule is Nc1nc(N)c2c(Cl)c(CNc3ccc(C(=O)N[C@@H](CC(=O)O)C(=O)O)cc3)ccc2n1. The highest BCUT2D eigenvalue weighted by Gasteiger charge is 2.23. The molecule has 0 saturated heterocycles. The number of aliphatic carboxylic acids is 2. The van der Waals surface area contributed by atoms with Gasteiger partial charge in [-0.15, -0.1) is 0 Å². The van der Waals surface area contributed by atoms with Crippen LogP contribution in [0.2, 0.25) is 5.02 Å². The zero-order valence-electron chi connectivity index (χ0n) is 16.5. The van der Waals surface area contributed by atoms with Gasteiger partial charge in [0.15, 0.2) is 0 Å². The third-order valence-electron chi connectivity index (χ3n) is 4.54. The van der Waals surface area contributed by atoms with Gasteiger partial charge in [0.05, 0.1) is 22.3 Å². The number of nitrogen functional groups attached to an aromatic ring is 2. The molecule has 2 aromatic carbocycles. The summed E-state index contributed by atoms with van der Waals surface area (Å²) >= 11 is 6.46. The van der Waals surface area contributed by atoms with Crippen LogP contribution >= 0.6 is 11.6 Å². The normalized spacial score (nSPS) is 11.7. The Kier molecular flexibility index (Phi) is 6.59. The number of anilines is 3. The molecule has 0 aliphatic rings. The van der Waals surface area contributed by atoms with Gasteiger partial charge in [-0.25, -0.2) is 9.78 Å². The van der Waals surface area contributed by atoms with E-state index in [1.165, 1.54) is 12.1 Å². The van der Waals surface area contributed by atoms with Gasteiger partial charge in [-0.1, -0.05) is 17.7 Å². The largest absolute Gasteiger partial charge is 0.481 e. The number of fused-ring (bicyclic) bond motifs is 1. The Morgan fingerprint density at radius 3 is 2.34 bits per heavy atom. The zero-order valence-corrected chi connectivity index (χ0v) is 17.3. The van der Waals surface area contributed by atoms with Gasteiger partial charge < -0.3 is 32.3 Å². The molecule has 12 heteroatoms. The number of carbonyl (C=O) groups excluding carboxylic acids is 1. The van der Waals surface area contributed by atoms with Crippen LogP contribution < -0.4 is 22.1 Å². The number of carboxylic acid groups (broad SMARTS) is 2. The lowest BCUT2D eigenvalue weighted by molar-refractivity contribution is -0.145. The van der Waals surface area contributed by atoms with Crippen molar-refractivity contribution in [2.24, 2.45) is 0 Å². The number of aromatic nitrogens is 2. The fourth-order valence-corrected chi connectivity index (χ4v) is 3.29. The van der Waals surface area contributed by atoms with E-state index in [1.54, 1.807) is 24.3 Å². The van der Waals surface area contributed by atoms with Crippen LogP contribution in [0.5, 0.6) is 0 Å². The molecular weight excluding hydrogens is 440 g/mol. The second-order valence-electron chi connectivity index (χ2n) is 6.79. The minimum atomic E-state index is -1.53. The van der Waals surface area contributed by atoms with Gasteiger partial charge in [0, 0.05) is 17.8 Å². The molecule has 0 aliphatic carbocycles. The number of nitrogens with zero attached hydrogens (tertiary/aromatic N) is 2. The molecule has 0 bridgehead atoms. The Bertz CT molecular complexity index is 1200. The van der Waals surface area contributed by atoms with E-state index in [4.69, 9.17) is 33.3 Å². The van der Waals surface area contributed by atoms with Crippen LogP contribution in [0.15, 0.2) is 36.4 Å². The standard InChI is InChI=1S/C20H19ClN6O5/c21-16-10(3-6-12-15(16)17(22)27-20(23)26-12)8-24-11-4-1-9(2-5-11)18(30)25-13(19(31)32)7-14(28)29/h1-6,13,24H,7-8H2,(H,25,30)(H,28,29)(H,31,32)(H4,22,23,26,27)/t13-/m0/s1. The topological polar surface area (TPSA) is 194 Å². The molecule has 3 aromatic rings. The van der Waals surface area contributed by atoms with Crippen molar-refractivity contribution in [3.8, 4) is 0 Å². The van der Waals surface area contributed by atoms with Crippen molar-refractivity contribution < 1.29 is 24.6 Å². The summed E-state index contributed by atoms with van der Waals surface area (Å²) in [5, 5.41) is 24.0. The number of carboxylic acids is 2. The van der Waals surface area contributed by atoms with Gasteiger partial charge in [-0.2, -0.15) is 4.98 Å². The summed E-state index contributed by atoms with van der Waals surface area (Å²) < 4.78 is 0. The molecule has 8 N–H and O–H groups in total. The predicted octanol–water partition coefficient (Wildman–Crippen LogP) is 1.72. The second kappa shape index (κ2) is 9.35. The monoisotopic (exact) mass is 458 g/mol. The van der Waals surface area contributed by atoms with Gasteiger partial charge >= 0.3 is 11.9 Å². The number of rotatable bonds is 8. The van der Waals surface area contributed by atoms with Crippen molar-refractivity contribution in [2.45, 2.75) is 19.0 Å². The van der Waals surface area contributed by atoms with Crippen LogP contribution in [0.1, 0.15) is 22.3 Å². The van der Waals surface area contributed by atoms with E-state index in [0.717, 1.165) is 5.56 Å². The zero-order chi connectivity index (χ0) is 23.4.